The number of hydrogen-bond acceptors (Lipinski definition) is 7. The smallest absolute Gasteiger partial charge is 0.257 e. The summed E-state index contributed by atoms with van der Waals surface area (Å²) in [5, 5.41) is 13.3. The zero-order valence-electron chi connectivity index (χ0n) is 14.7. The number of furan rings is 1. The predicted octanol–water partition coefficient (Wildman–Crippen LogP) is 4.37. The summed E-state index contributed by atoms with van der Waals surface area (Å²) in [4.78, 5) is 4.47. The number of rotatable bonds is 7. The molecule has 7 nitrogen and oxygen atoms in total. The van der Waals surface area contributed by atoms with Crippen LogP contribution in [0.3, 0.4) is 0 Å². The van der Waals surface area contributed by atoms with Gasteiger partial charge in [-0.15, -0.1) is 16.8 Å². The molecular weight excluding hydrogens is 362 g/mol. The summed E-state index contributed by atoms with van der Waals surface area (Å²) in [5.74, 6) is 2.96. The fourth-order valence-electron chi connectivity index (χ4n) is 2.61. The van der Waals surface area contributed by atoms with Crippen molar-refractivity contribution in [1.82, 2.24) is 24.9 Å². The largest absolute Gasteiger partial charge is 0.461 e. The number of hydrogen-bond donors (Lipinski definition) is 0. The van der Waals surface area contributed by atoms with Gasteiger partial charge in [0.2, 0.25) is 5.82 Å². The van der Waals surface area contributed by atoms with Gasteiger partial charge in [-0.3, -0.25) is 4.57 Å². The molecule has 0 N–H and O–H groups in total. The number of nitrogens with zero attached hydrogens (tertiary/aromatic N) is 5. The summed E-state index contributed by atoms with van der Waals surface area (Å²) in [6, 6.07) is 11.6. The lowest BCUT2D eigenvalue weighted by Gasteiger charge is -2.04. The third-order valence-electron chi connectivity index (χ3n) is 3.83. The zero-order valence-corrected chi connectivity index (χ0v) is 15.5. The third kappa shape index (κ3) is 3.70. The van der Waals surface area contributed by atoms with Gasteiger partial charge in [0.05, 0.1) is 12.0 Å². The molecule has 0 unspecified atom stereocenters. The molecule has 27 heavy (non-hydrogen) atoms. The first kappa shape index (κ1) is 17.3. The molecule has 8 heteroatoms. The molecule has 0 bridgehead atoms. The summed E-state index contributed by atoms with van der Waals surface area (Å²) >= 11 is 1.48. The maximum Gasteiger partial charge on any atom is 0.257 e. The highest BCUT2D eigenvalue weighted by Crippen LogP contribution is 2.27. The van der Waals surface area contributed by atoms with Crippen LogP contribution in [-0.2, 0) is 12.3 Å². The molecule has 0 atom stereocenters. The fourth-order valence-corrected chi connectivity index (χ4v) is 3.41. The number of allylic oxidation sites excluding steroid dienone is 1. The molecule has 3 heterocycles. The molecule has 0 saturated heterocycles. The van der Waals surface area contributed by atoms with E-state index in [1.165, 1.54) is 11.8 Å². The van der Waals surface area contributed by atoms with E-state index in [2.05, 4.69) is 26.9 Å². The van der Waals surface area contributed by atoms with Gasteiger partial charge >= 0.3 is 0 Å². The van der Waals surface area contributed by atoms with Crippen molar-refractivity contribution in [2.45, 2.75) is 24.4 Å². The third-order valence-corrected chi connectivity index (χ3v) is 4.80. The molecule has 4 rings (SSSR count). The zero-order chi connectivity index (χ0) is 18.6. The Morgan fingerprint density at radius 1 is 1.22 bits per heavy atom. The fraction of sp³-hybridized carbons (Fsp3) is 0.158. The topological polar surface area (TPSA) is 82.8 Å². The monoisotopic (exact) mass is 379 g/mol. The van der Waals surface area contributed by atoms with Crippen LogP contribution in [0, 0.1) is 6.92 Å². The van der Waals surface area contributed by atoms with Gasteiger partial charge in [-0.2, -0.15) is 4.98 Å². The highest BCUT2D eigenvalue weighted by molar-refractivity contribution is 7.98. The number of benzene rings is 1. The Morgan fingerprint density at radius 2 is 2.15 bits per heavy atom. The van der Waals surface area contributed by atoms with Crippen LogP contribution in [0.1, 0.15) is 11.4 Å². The van der Waals surface area contributed by atoms with Crippen molar-refractivity contribution in [2.75, 3.05) is 0 Å². The number of aryl methyl sites for hydroxylation is 1. The molecule has 0 aliphatic heterocycles. The first-order valence-corrected chi connectivity index (χ1v) is 9.33. The summed E-state index contributed by atoms with van der Waals surface area (Å²) in [7, 11) is 0. The lowest BCUT2D eigenvalue weighted by molar-refractivity contribution is 0.425. The Hall–Kier alpha value is -3.13. The van der Waals surface area contributed by atoms with Crippen molar-refractivity contribution in [3.63, 3.8) is 0 Å². The van der Waals surface area contributed by atoms with Crippen molar-refractivity contribution < 1.29 is 8.94 Å². The van der Waals surface area contributed by atoms with Gasteiger partial charge in [-0.25, -0.2) is 0 Å². The van der Waals surface area contributed by atoms with Gasteiger partial charge in [0.25, 0.3) is 5.89 Å². The number of aromatic nitrogens is 5. The van der Waals surface area contributed by atoms with E-state index in [-0.39, 0.29) is 0 Å². The van der Waals surface area contributed by atoms with Crippen LogP contribution in [0.2, 0.25) is 0 Å². The van der Waals surface area contributed by atoms with Crippen LogP contribution in [0.5, 0.6) is 0 Å². The second-order valence-electron chi connectivity index (χ2n) is 5.86. The van der Waals surface area contributed by atoms with Gasteiger partial charge in [-0.05, 0) is 31.2 Å². The minimum Gasteiger partial charge on any atom is -0.461 e. The second kappa shape index (κ2) is 7.63. The average molecular weight is 379 g/mol. The average Bonchev–Trinajstić information content (AvgIpc) is 3.41. The van der Waals surface area contributed by atoms with E-state index in [4.69, 9.17) is 8.94 Å². The minimum atomic E-state index is 0.512. The van der Waals surface area contributed by atoms with E-state index in [1.54, 1.807) is 12.3 Å². The summed E-state index contributed by atoms with van der Waals surface area (Å²) < 4.78 is 12.8. The number of thioether (sulfide) groups is 1. The molecule has 4 aromatic rings. The molecule has 0 aliphatic carbocycles. The Bertz CT molecular complexity index is 1050. The maximum absolute atomic E-state index is 5.44. The molecule has 0 saturated carbocycles. The van der Waals surface area contributed by atoms with Crippen molar-refractivity contribution in [1.29, 1.82) is 0 Å². The Balaban J connectivity index is 1.52. The van der Waals surface area contributed by atoms with Crippen molar-refractivity contribution in [3.8, 4) is 23.0 Å². The van der Waals surface area contributed by atoms with Crippen LogP contribution in [-0.4, -0.2) is 24.9 Å². The summed E-state index contributed by atoms with van der Waals surface area (Å²) in [6.45, 7) is 6.41. The van der Waals surface area contributed by atoms with Gasteiger partial charge in [0.15, 0.2) is 16.7 Å². The van der Waals surface area contributed by atoms with Crippen LogP contribution in [0.25, 0.3) is 23.0 Å². The maximum atomic E-state index is 5.44. The molecule has 3 aromatic heterocycles. The van der Waals surface area contributed by atoms with Gasteiger partial charge in [0.1, 0.15) is 0 Å². The lowest BCUT2D eigenvalue weighted by Crippen LogP contribution is -2.00. The van der Waals surface area contributed by atoms with Crippen LogP contribution < -0.4 is 0 Å². The summed E-state index contributed by atoms with van der Waals surface area (Å²) in [5.41, 5.74) is 2.05. The van der Waals surface area contributed by atoms with E-state index in [9.17, 15) is 0 Å². The van der Waals surface area contributed by atoms with Crippen molar-refractivity contribution in [3.05, 3.63) is 66.7 Å². The Kier molecular flexibility index (Phi) is 4.88. The van der Waals surface area contributed by atoms with E-state index < -0.39 is 0 Å². The molecule has 1 aromatic carbocycles. The van der Waals surface area contributed by atoms with E-state index >= 15 is 0 Å². The first-order valence-electron chi connectivity index (χ1n) is 8.35. The second-order valence-corrected chi connectivity index (χ2v) is 6.80. The highest BCUT2D eigenvalue weighted by Gasteiger charge is 2.17. The van der Waals surface area contributed by atoms with Crippen LogP contribution in [0.15, 0.2) is 69.4 Å². The van der Waals surface area contributed by atoms with Crippen molar-refractivity contribution >= 4 is 11.8 Å². The van der Waals surface area contributed by atoms with Gasteiger partial charge in [0, 0.05) is 12.1 Å². The molecule has 0 spiro atoms. The van der Waals surface area contributed by atoms with Crippen molar-refractivity contribution in [2.24, 2.45) is 0 Å². The molecule has 0 fully saturated rings. The standard InChI is InChI=1S/C19H17N5O2S/c1-3-9-24-17(15-8-5-10-25-15)21-22-19(24)27-12-16-20-18(26-23-16)14-7-4-6-13(2)11-14/h3-8,10-11H,1,9,12H2,2H3. The van der Waals surface area contributed by atoms with E-state index in [0.717, 1.165) is 16.3 Å². The SMILES string of the molecule is C=CCn1c(SCc2noc(-c3cccc(C)c3)n2)nnc1-c1ccco1. The first-order chi connectivity index (χ1) is 13.2. The molecular formula is C19H17N5O2S. The quantitative estimate of drug-likeness (QED) is 0.348. The van der Waals surface area contributed by atoms with Crippen LogP contribution in [0.4, 0.5) is 0 Å². The lowest BCUT2D eigenvalue weighted by atomic mass is 10.1. The summed E-state index contributed by atoms with van der Waals surface area (Å²) in [6.07, 6.45) is 3.41. The molecule has 0 radical (unpaired) electrons. The molecule has 0 aliphatic rings. The van der Waals surface area contributed by atoms with Gasteiger partial charge in [-0.1, -0.05) is 40.7 Å². The molecule has 136 valence electrons. The Morgan fingerprint density at radius 3 is 2.93 bits per heavy atom. The Labute approximate surface area is 160 Å². The van der Waals surface area contributed by atoms with Crippen LogP contribution >= 0.6 is 11.8 Å². The van der Waals surface area contributed by atoms with Gasteiger partial charge < -0.3 is 8.94 Å². The normalized spacial score (nSPS) is 11.0. The van der Waals surface area contributed by atoms with E-state index in [1.807, 2.05) is 47.9 Å². The highest BCUT2D eigenvalue weighted by atomic mass is 32.2. The minimum absolute atomic E-state index is 0.512. The molecule has 0 amide bonds. The predicted molar refractivity (Wildman–Crippen MR) is 102 cm³/mol. The van der Waals surface area contributed by atoms with E-state index in [0.29, 0.717) is 35.6 Å².